The summed E-state index contributed by atoms with van der Waals surface area (Å²) in [7, 11) is 5.35. The van der Waals surface area contributed by atoms with Crippen LogP contribution in [0, 0.1) is 0 Å². The van der Waals surface area contributed by atoms with Gasteiger partial charge in [-0.25, -0.2) is 0 Å². The minimum Gasteiger partial charge on any atom is -0.336 e. The fraction of sp³-hybridized carbons (Fsp3) is 1.00. The largest absolute Gasteiger partial charge is 0.336 e. The topological polar surface area (TPSA) is 26.0 Å². The van der Waals surface area contributed by atoms with Gasteiger partial charge in [0.05, 0.1) is 7.85 Å². The third-order valence-electron chi connectivity index (χ3n) is 1.39. The van der Waals surface area contributed by atoms with Gasteiger partial charge in [-0.05, 0) is 12.4 Å². The molecule has 0 fully saturated rings. The lowest BCUT2D eigenvalue weighted by molar-refractivity contribution is 0.620. The Hall–Kier alpha value is 0.0249. The highest BCUT2D eigenvalue weighted by molar-refractivity contribution is 6.11. The predicted octanol–water partition coefficient (Wildman–Crippen LogP) is 1.41. The highest BCUT2D eigenvalue weighted by atomic mass is 14.6. The van der Waals surface area contributed by atoms with Crippen molar-refractivity contribution in [3.63, 3.8) is 0 Å². The Morgan fingerprint density at radius 2 is 2.00 bits per heavy atom. The van der Waals surface area contributed by atoms with Crippen molar-refractivity contribution < 1.29 is 0 Å². The molecule has 0 aliphatic rings. The van der Waals surface area contributed by atoms with Crippen LogP contribution in [0.3, 0.4) is 0 Å². The Kier molecular flexibility index (Phi) is 6.17. The molecule has 0 aromatic carbocycles. The van der Waals surface area contributed by atoms with Gasteiger partial charge in [0.15, 0.2) is 0 Å². The maximum absolute atomic E-state index is 5.35. The van der Waals surface area contributed by atoms with Crippen LogP contribution in [-0.4, -0.2) is 13.8 Å². The van der Waals surface area contributed by atoms with Crippen molar-refractivity contribution in [3.05, 3.63) is 0 Å². The van der Waals surface area contributed by atoms with E-state index < -0.39 is 0 Å². The second-order valence-electron chi connectivity index (χ2n) is 2.51. The standard InChI is InChI=1S/C7H16BN/c1-2-3-4-5-6-7(8)9/h7H,2-6,9H2,1H3. The zero-order valence-corrected chi connectivity index (χ0v) is 6.27. The number of unbranched alkanes of at least 4 members (excludes halogenated alkanes) is 3. The molecule has 52 valence electrons. The average Bonchev–Trinajstić information content (AvgIpc) is 1.80. The number of nitrogens with two attached hydrogens (primary N) is 1. The molecule has 2 heteroatoms. The van der Waals surface area contributed by atoms with E-state index in [-0.39, 0.29) is 5.94 Å². The molecule has 1 nitrogen and oxygen atoms in total. The summed E-state index contributed by atoms with van der Waals surface area (Å²) >= 11 is 0. The molecule has 1 unspecified atom stereocenters. The first kappa shape index (κ1) is 9.02. The molecule has 0 bridgehead atoms. The fourth-order valence-corrected chi connectivity index (χ4v) is 0.807. The Bertz CT molecular complexity index is 54.9. The van der Waals surface area contributed by atoms with E-state index in [1.807, 2.05) is 0 Å². The molecule has 0 rings (SSSR count). The summed E-state index contributed by atoms with van der Waals surface area (Å²) in [6.45, 7) is 2.20. The van der Waals surface area contributed by atoms with E-state index in [0.717, 1.165) is 6.42 Å². The molecule has 0 saturated heterocycles. The second kappa shape index (κ2) is 6.15. The van der Waals surface area contributed by atoms with Crippen LogP contribution in [0.2, 0.25) is 0 Å². The van der Waals surface area contributed by atoms with Crippen LogP contribution >= 0.6 is 0 Å². The zero-order valence-electron chi connectivity index (χ0n) is 6.27. The molecule has 9 heavy (non-hydrogen) atoms. The Morgan fingerprint density at radius 3 is 2.44 bits per heavy atom. The van der Waals surface area contributed by atoms with Gasteiger partial charge in [0.25, 0.3) is 0 Å². The molecule has 0 aliphatic heterocycles. The van der Waals surface area contributed by atoms with Gasteiger partial charge in [0.1, 0.15) is 0 Å². The van der Waals surface area contributed by atoms with Crippen molar-refractivity contribution in [1.82, 2.24) is 0 Å². The van der Waals surface area contributed by atoms with E-state index in [0.29, 0.717) is 0 Å². The molecule has 0 saturated carbocycles. The molecule has 0 heterocycles. The third-order valence-corrected chi connectivity index (χ3v) is 1.39. The van der Waals surface area contributed by atoms with Gasteiger partial charge in [-0.2, -0.15) is 0 Å². The SMILES string of the molecule is [B]C(N)CCCCCC. The maximum atomic E-state index is 5.35. The smallest absolute Gasteiger partial charge is 0.0903 e. The van der Waals surface area contributed by atoms with Crippen molar-refractivity contribution in [3.8, 4) is 0 Å². The van der Waals surface area contributed by atoms with Crippen molar-refractivity contribution >= 4 is 7.85 Å². The number of rotatable bonds is 5. The summed E-state index contributed by atoms with van der Waals surface area (Å²) in [6, 6.07) is 0. The second-order valence-corrected chi connectivity index (χ2v) is 2.51. The van der Waals surface area contributed by atoms with Crippen LogP contribution in [0.15, 0.2) is 0 Å². The quantitative estimate of drug-likeness (QED) is 0.436. The van der Waals surface area contributed by atoms with Gasteiger partial charge in [0.2, 0.25) is 0 Å². The molecule has 0 aromatic heterocycles. The Labute approximate surface area is 59.4 Å². The Morgan fingerprint density at radius 1 is 1.33 bits per heavy atom. The van der Waals surface area contributed by atoms with Gasteiger partial charge in [0, 0.05) is 0 Å². The summed E-state index contributed by atoms with van der Waals surface area (Å²) in [5, 5.41) is 0. The summed E-state index contributed by atoms with van der Waals surface area (Å²) in [5.41, 5.74) is 5.35. The highest BCUT2D eigenvalue weighted by Gasteiger charge is 1.91. The number of hydrogen-bond acceptors (Lipinski definition) is 1. The van der Waals surface area contributed by atoms with Crippen molar-refractivity contribution in [2.45, 2.75) is 45.0 Å². The van der Waals surface area contributed by atoms with Gasteiger partial charge in [-0.1, -0.05) is 32.6 Å². The lowest BCUT2D eigenvalue weighted by Gasteiger charge is -2.02. The van der Waals surface area contributed by atoms with Crippen LogP contribution in [0.4, 0.5) is 0 Å². The predicted molar refractivity (Wildman–Crippen MR) is 42.5 cm³/mol. The van der Waals surface area contributed by atoms with E-state index in [2.05, 4.69) is 6.92 Å². The van der Waals surface area contributed by atoms with Crippen molar-refractivity contribution in [1.29, 1.82) is 0 Å². The molecule has 2 radical (unpaired) electrons. The van der Waals surface area contributed by atoms with Crippen LogP contribution in [0.1, 0.15) is 39.0 Å². The van der Waals surface area contributed by atoms with Gasteiger partial charge in [-0.3, -0.25) is 0 Å². The monoisotopic (exact) mass is 125 g/mol. The highest BCUT2D eigenvalue weighted by Crippen LogP contribution is 2.02. The third kappa shape index (κ3) is 8.02. The minimum atomic E-state index is -0.0955. The average molecular weight is 125 g/mol. The molecular formula is C7H16BN. The lowest BCUT2D eigenvalue weighted by atomic mass is 9.92. The summed E-state index contributed by atoms with van der Waals surface area (Å²) in [5.74, 6) is -0.0955. The van der Waals surface area contributed by atoms with Gasteiger partial charge < -0.3 is 5.73 Å². The minimum absolute atomic E-state index is 0.0955. The van der Waals surface area contributed by atoms with Gasteiger partial charge >= 0.3 is 0 Å². The van der Waals surface area contributed by atoms with E-state index in [1.54, 1.807) is 0 Å². The summed E-state index contributed by atoms with van der Waals surface area (Å²) in [4.78, 5) is 0. The van der Waals surface area contributed by atoms with E-state index in [1.165, 1.54) is 25.7 Å². The van der Waals surface area contributed by atoms with Crippen LogP contribution in [0.25, 0.3) is 0 Å². The molecule has 0 amide bonds. The molecule has 0 aromatic rings. The van der Waals surface area contributed by atoms with Crippen LogP contribution in [0.5, 0.6) is 0 Å². The van der Waals surface area contributed by atoms with Crippen LogP contribution in [-0.2, 0) is 0 Å². The first-order valence-corrected chi connectivity index (χ1v) is 3.78. The fourth-order valence-electron chi connectivity index (χ4n) is 0.807. The molecule has 0 aliphatic carbocycles. The van der Waals surface area contributed by atoms with Crippen LogP contribution < -0.4 is 5.73 Å². The first-order chi connectivity index (χ1) is 4.27. The normalized spacial score (nSPS) is 13.6. The maximum Gasteiger partial charge on any atom is 0.0903 e. The van der Waals surface area contributed by atoms with E-state index in [9.17, 15) is 0 Å². The zero-order chi connectivity index (χ0) is 7.11. The Balaban J connectivity index is 2.75. The first-order valence-electron chi connectivity index (χ1n) is 3.78. The molecule has 1 atom stereocenters. The number of hydrogen-bond donors (Lipinski definition) is 1. The van der Waals surface area contributed by atoms with Gasteiger partial charge in [-0.15, -0.1) is 0 Å². The summed E-state index contributed by atoms with van der Waals surface area (Å²) in [6.07, 6.45) is 6.03. The van der Waals surface area contributed by atoms with E-state index >= 15 is 0 Å². The molecular weight excluding hydrogens is 109 g/mol. The van der Waals surface area contributed by atoms with E-state index in [4.69, 9.17) is 13.6 Å². The molecule has 2 N–H and O–H groups in total. The van der Waals surface area contributed by atoms with Crippen molar-refractivity contribution in [2.24, 2.45) is 5.73 Å². The van der Waals surface area contributed by atoms with Crippen molar-refractivity contribution in [2.75, 3.05) is 0 Å². The summed E-state index contributed by atoms with van der Waals surface area (Å²) < 4.78 is 0. The molecule has 0 spiro atoms. The lowest BCUT2D eigenvalue weighted by Crippen LogP contribution is -2.18.